The third-order valence-corrected chi connectivity index (χ3v) is 5.09. The van der Waals surface area contributed by atoms with Crippen molar-refractivity contribution in [1.82, 2.24) is 10.2 Å². The summed E-state index contributed by atoms with van der Waals surface area (Å²) in [5, 5.41) is 5.98. The molecule has 1 unspecified atom stereocenters. The van der Waals surface area contributed by atoms with Gasteiger partial charge in [0, 0.05) is 16.2 Å². The van der Waals surface area contributed by atoms with E-state index in [1.807, 2.05) is 32.0 Å². The molecule has 1 fully saturated rings. The molecule has 0 aromatic heterocycles. The molecule has 1 saturated carbocycles. The van der Waals surface area contributed by atoms with Gasteiger partial charge in [-0.2, -0.15) is 0 Å². The van der Waals surface area contributed by atoms with E-state index in [1.54, 1.807) is 11.9 Å². The number of likely N-dealkylation sites (N-methyl/N-ethyl adjacent to an activating group) is 1. The molecule has 0 bridgehead atoms. The van der Waals surface area contributed by atoms with Crippen molar-refractivity contribution >= 4 is 33.4 Å². The van der Waals surface area contributed by atoms with Crippen LogP contribution in [0, 0.1) is 6.92 Å². The van der Waals surface area contributed by atoms with Crippen LogP contribution in [0.2, 0.25) is 0 Å². The number of carbonyl (C=O) groups excluding carboxylic acids is 2. The third kappa shape index (κ3) is 5.31. The van der Waals surface area contributed by atoms with Gasteiger partial charge in [0.25, 0.3) is 0 Å². The predicted octanol–water partition coefficient (Wildman–Crippen LogP) is 3.08. The summed E-state index contributed by atoms with van der Waals surface area (Å²) in [5.41, 5.74) is 1.78. The van der Waals surface area contributed by atoms with Crippen LogP contribution in [-0.4, -0.2) is 42.4 Å². The van der Waals surface area contributed by atoms with E-state index in [0.29, 0.717) is 6.04 Å². The summed E-state index contributed by atoms with van der Waals surface area (Å²) in [6.45, 7) is 3.96. The van der Waals surface area contributed by atoms with Crippen molar-refractivity contribution in [1.29, 1.82) is 0 Å². The molecule has 0 aliphatic heterocycles. The lowest BCUT2D eigenvalue weighted by atomic mass is 10.2. The highest BCUT2D eigenvalue weighted by Crippen LogP contribution is 2.20. The van der Waals surface area contributed by atoms with Gasteiger partial charge in [-0.05, 0) is 57.5 Å². The number of amides is 2. The van der Waals surface area contributed by atoms with E-state index in [9.17, 15) is 9.59 Å². The molecule has 2 rings (SSSR count). The molecule has 132 valence electrons. The molecule has 5 nitrogen and oxygen atoms in total. The van der Waals surface area contributed by atoms with Gasteiger partial charge < -0.3 is 10.6 Å². The van der Waals surface area contributed by atoms with E-state index in [-0.39, 0.29) is 24.4 Å². The zero-order chi connectivity index (χ0) is 17.7. The Bertz CT molecular complexity index is 600. The summed E-state index contributed by atoms with van der Waals surface area (Å²) in [6.07, 6.45) is 4.49. The smallest absolute Gasteiger partial charge is 0.238 e. The Labute approximate surface area is 152 Å². The van der Waals surface area contributed by atoms with Crippen LogP contribution in [0.3, 0.4) is 0 Å². The second-order valence-electron chi connectivity index (χ2n) is 6.59. The van der Waals surface area contributed by atoms with Gasteiger partial charge in [0.2, 0.25) is 11.8 Å². The summed E-state index contributed by atoms with van der Waals surface area (Å²) in [7, 11) is 1.80. The number of nitrogens with one attached hydrogen (secondary N) is 2. The van der Waals surface area contributed by atoms with Crippen molar-refractivity contribution < 1.29 is 9.59 Å². The molecule has 0 heterocycles. The maximum Gasteiger partial charge on any atom is 0.238 e. The second kappa shape index (κ2) is 8.62. The summed E-state index contributed by atoms with van der Waals surface area (Å²) in [6, 6.07) is 5.68. The normalized spacial score (nSPS) is 16.2. The molecule has 0 spiro atoms. The molecule has 2 N–H and O–H groups in total. The average Bonchev–Trinajstić information content (AvgIpc) is 3.02. The van der Waals surface area contributed by atoms with Gasteiger partial charge >= 0.3 is 0 Å². The minimum atomic E-state index is -0.331. The van der Waals surface area contributed by atoms with Crippen LogP contribution < -0.4 is 10.6 Å². The third-order valence-electron chi connectivity index (χ3n) is 4.60. The quantitative estimate of drug-likeness (QED) is 0.777. The number of anilines is 1. The zero-order valence-corrected chi connectivity index (χ0v) is 16.1. The monoisotopic (exact) mass is 395 g/mol. The average molecular weight is 396 g/mol. The molecule has 0 radical (unpaired) electrons. The lowest BCUT2D eigenvalue weighted by molar-refractivity contribution is -0.127. The Morgan fingerprint density at radius 1 is 1.33 bits per heavy atom. The fourth-order valence-corrected chi connectivity index (χ4v) is 3.39. The Morgan fingerprint density at radius 3 is 2.62 bits per heavy atom. The fourth-order valence-electron chi connectivity index (χ4n) is 2.91. The van der Waals surface area contributed by atoms with Crippen molar-refractivity contribution in [2.45, 2.75) is 51.6 Å². The van der Waals surface area contributed by atoms with Crippen LogP contribution in [0.4, 0.5) is 5.69 Å². The Hall–Kier alpha value is -1.40. The van der Waals surface area contributed by atoms with Gasteiger partial charge in [-0.15, -0.1) is 0 Å². The lowest BCUT2D eigenvalue weighted by Gasteiger charge is -2.25. The standard InChI is InChI=1S/C18H26BrN3O2/c1-12-10-14(19)8-9-16(12)21-17(23)11-22(3)13(2)18(24)20-15-6-4-5-7-15/h8-10,13,15H,4-7,11H2,1-3H3,(H,20,24)(H,21,23). The topological polar surface area (TPSA) is 61.4 Å². The highest BCUT2D eigenvalue weighted by atomic mass is 79.9. The minimum Gasteiger partial charge on any atom is -0.352 e. The first-order valence-electron chi connectivity index (χ1n) is 8.43. The van der Waals surface area contributed by atoms with Crippen LogP contribution >= 0.6 is 15.9 Å². The summed E-state index contributed by atoms with van der Waals surface area (Å²) >= 11 is 3.41. The van der Waals surface area contributed by atoms with E-state index in [4.69, 9.17) is 0 Å². The predicted molar refractivity (Wildman–Crippen MR) is 100.0 cm³/mol. The summed E-state index contributed by atoms with van der Waals surface area (Å²) in [5.74, 6) is -0.125. The first kappa shape index (κ1) is 18.9. The minimum absolute atomic E-state index is 0.00276. The van der Waals surface area contributed by atoms with Gasteiger partial charge in [0.15, 0.2) is 0 Å². The first-order valence-corrected chi connectivity index (χ1v) is 9.22. The van der Waals surface area contributed by atoms with Crippen molar-refractivity contribution in [3.63, 3.8) is 0 Å². The van der Waals surface area contributed by atoms with E-state index < -0.39 is 0 Å². The number of aryl methyl sites for hydroxylation is 1. The molecule has 24 heavy (non-hydrogen) atoms. The van der Waals surface area contributed by atoms with Crippen molar-refractivity contribution in [2.75, 3.05) is 18.9 Å². The highest BCUT2D eigenvalue weighted by molar-refractivity contribution is 9.10. The van der Waals surface area contributed by atoms with E-state index >= 15 is 0 Å². The van der Waals surface area contributed by atoms with Crippen molar-refractivity contribution in [3.8, 4) is 0 Å². The number of rotatable bonds is 6. The maximum atomic E-state index is 12.3. The maximum absolute atomic E-state index is 12.3. The van der Waals surface area contributed by atoms with E-state index in [0.717, 1.165) is 28.6 Å². The molecule has 1 atom stereocenters. The first-order chi connectivity index (χ1) is 11.4. The fraction of sp³-hybridized carbons (Fsp3) is 0.556. The number of nitrogens with zero attached hydrogens (tertiary/aromatic N) is 1. The number of halogens is 1. The molecule has 1 aromatic carbocycles. The van der Waals surface area contributed by atoms with Crippen molar-refractivity contribution in [2.24, 2.45) is 0 Å². The van der Waals surface area contributed by atoms with Gasteiger partial charge in [0.05, 0.1) is 12.6 Å². The summed E-state index contributed by atoms with van der Waals surface area (Å²) < 4.78 is 0.979. The largest absolute Gasteiger partial charge is 0.352 e. The number of hydrogen-bond acceptors (Lipinski definition) is 3. The highest BCUT2D eigenvalue weighted by Gasteiger charge is 2.24. The molecule has 0 saturated heterocycles. The summed E-state index contributed by atoms with van der Waals surface area (Å²) in [4.78, 5) is 26.3. The Kier molecular flexibility index (Phi) is 6.80. The Balaban J connectivity index is 1.84. The van der Waals surface area contributed by atoms with Crippen LogP contribution in [0.5, 0.6) is 0 Å². The number of hydrogen-bond donors (Lipinski definition) is 2. The van der Waals surface area contributed by atoms with Crippen LogP contribution in [0.1, 0.15) is 38.2 Å². The Morgan fingerprint density at radius 2 is 2.00 bits per heavy atom. The number of benzene rings is 1. The van der Waals surface area contributed by atoms with E-state index in [1.165, 1.54) is 12.8 Å². The van der Waals surface area contributed by atoms with Gasteiger partial charge in [-0.25, -0.2) is 0 Å². The van der Waals surface area contributed by atoms with Crippen molar-refractivity contribution in [3.05, 3.63) is 28.2 Å². The van der Waals surface area contributed by atoms with Crippen LogP contribution in [0.15, 0.2) is 22.7 Å². The molecule has 1 aliphatic rings. The second-order valence-corrected chi connectivity index (χ2v) is 7.50. The molecular weight excluding hydrogens is 370 g/mol. The number of carbonyl (C=O) groups is 2. The van der Waals surface area contributed by atoms with Crippen LogP contribution in [0.25, 0.3) is 0 Å². The van der Waals surface area contributed by atoms with Gasteiger partial charge in [-0.1, -0.05) is 28.8 Å². The SMILES string of the molecule is Cc1cc(Br)ccc1NC(=O)CN(C)C(C)C(=O)NC1CCCC1. The van der Waals surface area contributed by atoms with E-state index in [2.05, 4.69) is 26.6 Å². The lowest BCUT2D eigenvalue weighted by Crippen LogP contribution is -2.48. The molecule has 2 amide bonds. The van der Waals surface area contributed by atoms with Crippen LogP contribution in [-0.2, 0) is 9.59 Å². The molecular formula is C18H26BrN3O2. The van der Waals surface area contributed by atoms with Gasteiger partial charge in [-0.3, -0.25) is 14.5 Å². The van der Waals surface area contributed by atoms with Gasteiger partial charge in [0.1, 0.15) is 0 Å². The zero-order valence-electron chi connectivity index (χ0n) is 14.6. The molecule has 6 heteroatoms. The molecule has 1 aliphatic carbocycles. The molecule has 1 aromatic rings.